The Kier molecular flexibility index (Phi) is 6.10. The number of hydrogen-bond acceptors (Lipinski definition) is 4. The Morgan fingerprint density at radius 2 is 1.77 bits per heavy atom. The lowest BCUT2D eigenvalue weighted by molar-refractivity contribution is 0.0816. The van der Waals surface area contributed by atoms with Crippen molar-refractivity contribution >= 4 is 11.7 Å². The molecule has 1 aliphatic heterocycles. The van der Waals surface area contributed by atoms with Crippen molar-refractivity contribution in [3.63, 3.8) is 0 Å². The van der Waals surface area contributed by atoms with Gasteiger partial charge in [-0.25, -0.2) is 0 Å². The van der Waals surface area contributed by atoms with E-state index in [0.29, 0.717) is 17.7 Å². The Morgan fingerprint density at radius 1 is 1.18 bits per heavy atom. The van der Waals surface area contributed by atoms with Gasteiger partial charge in [0.05, 0.1) is 6.10 Å². The van der Waals surface area contributed by atoms with E-state index in [0.717, 1.165) is 38.9 Å². The average Bonchev–Trinajstić information content (AvgIpc) is 2.53. The lowest BCUT2D eigenvalue weighted by Gasteiger charge is -2.29. The van der Waals surface area contributed by atoms with E-state index in [2.05, 4.69) is 10.2 Å². The molecular formula is C17H24N2O3. The number of aliphatic hydroxyl groups excluding tert-OH is 1. The Hall–Kier alpha value is -1.72. The number of benzene rings is 1. The van der Waals surface area contributed by atoms with Crippen LogP contribution in [0, 0.1) is 0 Å². The molecule has 2 N–H and O–H groups in total. The molecule has 0 unspecified atom stereocenters. The second kappa shape index (κ2) is 8.06. The molecule has 0 radical (unpaired) electrons. The molecule has 2 rings (SSSR count). The number of aliphatic hydroxyl groups is 1. The predicted octanol–water partition coefficient (Wildman–Crippen LogP) is 1.47. The van der Waals surface area contributed by atoms with Crippen LogP contribution in [-0.4, -0.2) is 54.0 Å². The lowest BCUT2D eigenvalue weighted by Crippen LogP contribution is -2.37. The normalized spacial score (nSPS) is 16.5. The third kappa shape index (κ3) is 4.93. The minimum absolute atomic E-state index is 0.00129. The Morgan fingerprint density at radius 3 is 2.36 bits per heavy atom. The second-order valence-electron chi connectivity index (χ2n) is 5.82. The van der Waals surface area contributed by atoms with E-state index in [1.54, 1.807) is 24.3 Å². The molecule has 22 heavy (non-hydrogen) atoms. The third-order valence-electron chi connectivity index (χ3n) is 4.05. The zero-order chi connectivity index (χ0) is 15.9. The summed E-state index contributed by atoms with van der Waals surface area (Å²) in [7, 11) is 0. The minimum atomic E-state index is -0.145. The van der Waals surface area contributed by atoms with E-state index >= 15 is 0 Å². The van der Waals surface area contributed by atoms with Gasteiger partial charge in [-0.15, -0.1) is 0 Å². The molecule has 0 aromatic heterocycles. The van der Waals surface area contributed by atoms with Crippen molar-refractivity contribution in [3.05, 3.63) is 35.4 Å². The highest BCUT2D eigenvalue weighted by Gasteiger charge is 2.16. The average molecular weight is 304 g/mol. The zero-order valence-corrected chi connectivity index (χ0v) is 13.0. The molecule has 1 saturated heterocycles. The molecule has 1 aliphatic rings. The first-order valence-electron chi connectivity index (χ1n) is 7.86. The molecule has 5 nitrogen and oxygen atoms in total. The first-order valence-corrected chi connectivity index (χ1v) is 7.86. The van der Waals surface area contributed by atoms with Gasteiger partial charge in [0.25, 0.3) is 5.91 Å². The van der Waals surface area contributed by atoms with Gasteiger partial charge < -0.3 is 15.3 Å². The largest absolute Gasteiger partial charge is 0.393 e. The number of nitrogens with zero attached hydrogens (tertiary/aromatic N) is 1. The van der Waals surface area contributed by atoms with E-state index in [1.807, 2.05) is 0 Å². The van der Waals surface area contributed by atoms with Crippen molar-refractivity contribution < 1.29 is 14.7 Å². The van der Waals surface area contributed by atoms with Crippen LogP contribution in [0.1, 0.15) is 46.9 Å². The summed E-state index contributed by atoms with van der Waals surface area (Å²) in [5, 5.41) is 12.3. The van der Waals surface area contributed by atoms with E-state index in [-0.39, 0.29) is 17.8 Å². The molecule has 5 heteroatoms. The van der Waals surface area contributed by atoms with Crippen molar-refractivity contribution in [1.29, 1.82) is 0 Å². The van der Waals surface area contributed by atoms with Crippen LogP contribution in [0.2, 0.25) is 0 Å². The van der Waals surface area contributed by atoms with Crippen LogP contribution < -0.4 is 5.32 Å². The van der Waals surface area contributed by atoms with Gasteiger partial charge in [-0.3, -0.25) is 9.59 Å². The third-order valence-corrected chi connectivity index (χ3v) is 4.05. The molecule has 1 aromatic carbocycles. The van der Waals surface area contributed by atoms with E-state index in [9.17, 15) is 14.7 Å². The first-order chi connectivity index (χ1) is 10.6. The Balaban J connectivity index is 1.68. The number of ketones is 1. The maximum atomic E-state index is 12.0. The summed E-state index contributed by atoms with van der Waals surface area (Å²) in [6.45, 7) is 4.94. The lowest BCUT2D eigenvalue weighted by atomic mass is 10.1. The number of hydrogen-bond donors (Lipinski definition) is 2. The molecule has 1 aromatic rings. The topological polar surface area (TPSA) is 69.6 Å². The van der Waals surface area contributed by atoms with Gasteiger partial charge in [-0.05, 0) is 44.9 Å². The molecule has 0 saturated carbocycles. The van der Waals surface area contributed by atoms with Crippen molar-refractivity contribution in [2.75, 3.05) is 26.2 Å². The summed E-state index contributed by atoms with van der Waals surface area (Å²) in [5.41, 5.74) is 1.19. The smallest absolute Gasteiger partial charge is 0.251 e. The van der Waals surface area contributed by atoms with E-state index < -0.39 is 0 Å². The molecule has 0 spiro atoms. The van der Waals surface area contributed by atoms with Crippen molar-refractivity contribution in [3.8, 4) is 0 Å². The van der Waals surface area contributed by atoms with Crippen LogP contribution in [0.3, 0.4) is 0 Å². The highest BCUT2D eigenvalue weighted by molar-refractivity contribution is 5.97. The fraction of sp³-hybridized carbons (Fsp3) is 0.529. The number of amides is 1. The van der Waals surface area contributed by atoms with Gasteiger partial charge in [0.1, 0.15) is 0 Å². The van der Waals surface area contributed by atoms with Crippen LogP contribution in [0.25, 0.3) is 0 Å². The molecule has 1 heterocycles. The van der Waals surface area contributed by atoms with Crippen LogP contribution in [0.5, 0.6) is 0 Å². The summed E-state index contributed by atoms with van der Waals surface area (Å²) in [6.07, 6.45) is 2.44. The summed E-state index contributed by atoms with van der Waals surface area (Å²) in [6, 6.07) is 6.71. The Bertz CT molecular complexity index is 505. The number of rotatable bonds is 6. The summed E-state index contributed by atoms with van der Waals surface area (Å²) in [5.74, 6) is -0.109. The molecular weight excluding hydrogens is 280 g/mol. The SMILES string of the molecule is CC(=O)c1ccc(C(=O)NCCCN2CCC(O)CC2)cc1. The zero-order valence-electron chi connectivity index (χ0n) is 13.0. The highest BCUT2D eigenvalue weighted by Crippen LogP contribution is 2.10. The molecule has 0 atom stereocenters. The molecule has 1 amide bonds. The number of nitrogens with one attached hydrogen (secondary N) is 1. The summed E-state index contributed by atoms with van der Waals surface area (Å²) >= 11 is 0. The molecule has 0 aliphatic carbocycles. The fourth-order valence-electron chi connectivity index (χ4n) is 2.61. The molecule has 0 bridgehead atoms. The number of carbonyl (C=O) groups is 2. The number of likely N-dealkylation sites (tertiary alicyclic amines) is 1. The maximum absolute atomic E-state index is 12.0. The van der Waals surface area contributed by atoms with Crippen LogP contribution in [0.4, 0.5) is 0 Å². The fourth-order valence-corrected chi connectivity index (χ4v) is 2.61. The second-order valence-corrected chi connectivity index (χ2v) is 5.82. The van der Waals surface area contributed by atoms with Gasteiger partial charge in [-0.1, -0.05) is 12.1 Å². The Labute approximate surface area is 131 Å². The summed E-state index contributed by atoms with van der Waals surface area (Å²) in [4.78, 5) is 25.5. The first kappa shape index (κ1) is 16.6. The van der Waals surface area contributed by atoms with Crippen LogP contribution in [-0.2, 0) is 0 Å². The standard InChI is InChI=1S/C17H24N2O3/c1-13(20)14-3-5-15(6-4-14)17(22)18-9-2-10-19-11-7-16(21)8-12-19/h3-6,16,21H,2,7-12H2,1H3,(H,18,22). The van der Waals surface area contributed by atoms with Crippen molar-refractivity contribution in [1.82, 2.24) is 10.2 Å². The number of piperidine rings is 1. The maximum Gasteiger partial charge on any atom is 0.251 e. The highest BCUT2D eigenvalue weighted by atomic mass is 16.3. The minimum Gasteiger partial charge on any atom is -0.393 e. The number of carbonyl (C=O) groups excluding carboxylic acids is 2. The van der Waals surface area contributed by atoms with Crippen LogP contribution in [0.15, 0.2) is 24.3 Å². The van der Waals surface area contributed by atoms with Gasteiger partial charge in [0.2, 0.25) is 0 Å². The monoisotopic (exact) mass is 304 g/mol. The number of Topliss-reactive ketones (excluding diaryl/α,β-unsaturated/α-hetero) is 1. The van der Waals surface area contributed by atoms with Gasteiger partial charge in [-0.2, -0.15) is 0 Å². The van der Waals surface area contributed by atoms with Crippen molar-refractivity contribution in [2.24, 2.45) is 0 Å². The quantitative estimate of drug-likeness (QED) is 0.617. The van der Waals surface area contributed by atoms with E-state index in [4.69, 9.17) is 0 Å². The molecule has 120 valence electrons. The van der Waals surface area contributed by atoms with Crippen molar-refractivity contribution in [2.45, 2.75) is 32.3 Å². The van der Waals surface area contributed by atoms with Gasteiger partial charge in [0, 0.05) is 30.8 Å². The molecule has 1 fully saturated rings. The van der Waals surface area contributed by atoms with Crippen LogP contribution >= 0.6 is 0 Å². The van der Waals surface area contributed by atoms with Gasteiger partial charge >= 0.3 is 0 Å². The van der Waals surface area contributed by atoms with Gasteiger partial charge in [0.15, 0.2) is 5.78 Å². The summed E-state index contributed by atoms with van der Waals surface area (Å²) < 4.78 is 0. The predicted molar refractivity (Wildman–Crippen MR) is 85.1 cm³/mol. The van der Waals surface area contributed by atoms with E-state index in [1.165, 1.54) is 6.92 Å².